The first-order chi connectivity index (χ1) is 11.3. The number of aliphatic imine (C=N–C) groups is 1. The SMILES string of the molecule is CCc1cnc(CNC(=NC)N2CCN(c3cccs3)CC2)s1. The van der Waals surface area contributed by atoms with Crippen LogP contribution < -0.4 is 10.2 Å². The minimum atomic E-state index is 0.752. The van der Waals surface area contributed by atoms with Crippen molar-refractivity contribution in [2.45, 2.75) is 19.9 Å². The third-order valence-corrected chi connectivity index (χ3v) is 6.03. The lowest BCUT2D eigenvalue weighted by Gasteiger charge is -2.36. The first kappa shape index (κ1) is 16.3. The van der Waals surface area contributed by atoms with Crippen molar-refractivity contribution in [2.24, 2.45) is 4.99 Å². The van der Waals surface area contributed by atoms with Gasteiger partial charge in [-0.1, -0.05) is 6.92 Å². The zero-order valence-corrected chi connectivity index (χ0v) is 15.3. The van der Waals surface area contributed by atoms with Crippen molar-refractivity contribution in [1.82, 2.24) is 15.2 Å². The summed E-state index contributed by atoms with van der Waals surface area (Å²) >= 11 is 3.59. The first-order valence-electron chi connectivity index (χ1n) is 7.97. The highest BCUT2D eigenvalue weighted by Gasteiger charge is 2.20. The summed E-state index contributed by atoms with van der Waals surface area (Å²) in [5, 5.41) is 8.08. The summed E-state index contributed by atoms with van der Waals surface area (Å²) in [5.74, 6) is 0.976. The zero-order valence-electron chi connectivity index (χ0n) is 13.7. The second kappa shape index (κ2) is 7.79. The molecule has 0 spiro atoms. The van der Waals surface area contributed by atoms with Crippen LogP contribution in [0.2, 0.25) is 0 Å². The average Bonchev–Trinajstić information content (AvgIpc) is 3.28. The van der Waals surface area contributed by atoms with E-state index in [-0.39, 0.29) is 0 Å². The molecule has 0 unspecified atom stereocenters. The van der Waals surface area contributed by atoms with E-state index in [1.54, 1.807) is 11.3 Å². The van der Waals surface area contributed by atoms with E-state index in [0.29, 0.717) is 0 Å². The highest BCUT2D eigenvalue weighted by Crippen LogP contribution is 2.22. The lowest BCUT2D eigenvalue weighted by atomic mass is 10.3. The average molecular weight is 350 g/mol. The number of guanidine groups is 1. The Bertz CT molecular complexity index is 627. The molecular formula is C16H23N5S2. The van der Waals surface area contributed by atoms with Crippen LogP contribution in [0, 0.1) is 0 Å². The number of thiophene rings is 1. The molecule has 0 atom stereocenters. The predicted octanol–water partition coefficient (Wildman–Crippen LogP) is 2.66. The molecule has 3 heterocycles. The van der Waals surface area contributed by atoms with Crippen LogP contribution in [0.15, 0.2) is 28.7 Å². The number of rotatable bonds is 4. The maximum Gasteiger partial charge on any atom is 0.194 e. The molecule has 0 aromatic carbocycles. The second-order valence-electron chi connectivity index (χ2n) is 5.40. The fourth-order valence-corrected chi connectivity index (χ4v) is 4.26. The van der Waals surface area contributed by atoms with E-state index in [1.807, 2.05) is 24.6 Å². The normalized spacial score (nSPS) is 16.0. The smallest absolute Gasteiger partial charge is 0.194 e. The summed E-state index contributed by atoms with van der Waals surface area (Å²) in [7, 11) is 1.85. The van der Waals surface area contributed by atoms with E-state index in [2.05, 4.69) is 49.5 Å². The molecular weight excluding hydrogens is 326 g/mol. The van der Waals surface area contributed by atoms with Crippen LogP contribution in [0.25, 0.3) is 0 Å². The number of hydrogen-bond donors (Lipinski definition) is 1. The molecule has 7 heteroatoms. The Morgan fingerprint density at radius 1 is 1.35 bits per heavy atom. The maximum absolute atomic E-state index is 4.46. The Morgan fingerprint density at radius 2 is 2.17 bits per heavy atom. The van der Waals surface area contributed by atoms with Crippen LogP contribution in [-0.2, 0) is 13.0 Å². The van der Waals surface area contributed by atoms with Gasteiger partial charge in [0.15, 0.2) is 5.96 Å². The predicted molar refractivity (Wildman–Crippen MR) is 99.8 cm³/mol. The standard InChI is InChI=1S/C16H23N5S2/c1-3-13-11-18-14(23-13)12-19-16(17-2)21-8-6-20(7-9-21)15-5-4-10-22-15/h4-5,10-11H,3,6-9,12H2,1-2H3,(H,17,19). The summed E-state index contributed by atoms with van der Waals surface area (Å²) in [6.45, 7) is 6.99. The molecule has 1 saturated heterocycles. The van der Waals surface area contributed by atoms with Crippen molar-refractivity contribution in [1.29, 1.82) is 0 Å². The van der Waals surface area contributed by atoms with Gasteiger partial charge in [-0.3, -0.25) is 4.99 Å². The summed E-state index contributed by atoms with van der Waals surface area (Å²) in [6, 6.07) is 4.31. The molecule has 0 saturated carbocycles. The minimum absolute atomic E-state index is 0.752. The van der Waals surface area contributed by atoms with Gasteiger partial charge in [-0.25, -0.2) is 4.98 Å². The summed E-state index contributed by atoms with van der Waals surface area (Å²) in [5.41, 5.74) is 0. The van der Waals surface area contributed by atoms with Gasteiger partial charge in [-0.15, -0.1) is 22.7 Å². The quantitative estimate of drug-likeness (QED) is 0.681. The fraction of sp³-hybridized carbons (Fsp3) is 0.500. The third-order valence-electron chi connectivity index (χ3n) is 3.96. The molecule has 0 bridgehead atoms. The molecule has 0 amide bonds. The van der Waals surface area contributed by atoms with Gasteiger partial charge in [0, 0.05) is 44.3 Å². The van der Waals surface area contributed by atoms with Crippen molar-refractivity contribution in [3.63, 3.8) is 0 Å². The fourth-order valence-electron chi connectivity index (χ4n) is 2.67. The number of aromatic nitrogens is 1. The van der Waals surface area contributed by atoms with E-state index in [1.165, 1.54) is 9.88 Å². The van der Waals surface area contributed by atoms with Crippen LogP contribution in [0.3, 0.4) is 0 Å². The monoisotopic (exact) mass is 349 g/mol. The number of anilines is 1. The lowest BCUT2D eigenvalue weighted by molar-refractivity contribution is 0.373. The summed E-state index contributed by atoms with van der Waals surface area (Å²) < 4.78 is 0. The van der Waals surface area contributed by atoms with E-state index in [4.69, 9.17) is 0 Å². The van der Waals surface area contributed by atoms with Gasteiger partial charge in [-0.2, -0.15) is 0 Å². The van der Waals surface area contributed by atoms with E-state index >= 15 is 0 Å². The van der Waals surface area contributed by atoms with Gasteiger partial charge in [0.1, 0.15) is 5.01 Å². The Hall–Kier alpha value is -1.60. The summed E-state index contributed by atoms with van der Waals surface area (Å²) in [6.07, 6.45) is 3.03. The maximum atomic E-state index is 4.46. The Labute approximate surface area is 145 Å². The molecule has 0 aliphatic carbocycles. The van der Waals surface area contributed by atoms with Gasteiger partial charge in [-0.05, 0) is 23.9 Å². The Kier molecular flexibility index (Phi) is 5.51. The van der Waals surface area contributed by atoms with Crippen LogP contribution in [0.4, 0.5) is 5.00 Å². The van der Waals surface area contributed by atoms with E-state index in [0.717, 1.165) is 50.1 Å². The number of nitrogens with zero attached hydrogens (tertiary/aromatic N) is 4. The van der Waals surface area contributed by atoms with Gasteiger partial charge < -0.3 is 15.1 Å². The zero-order chi connectivity index (χ0) is 16.1. The molecule has 1 N–H and O–H groups in total. The van der Waals surface area contributed by atoms with Crippen molar-refractivity contribution >= 4 is 33.6 Å². The molecule has 1 aliphatic heterocycles. The van der Waals surface area contributed by atoms with Crippen molar-refractivity contribution < 1.29 is 0 Å². The number of nitrogens with one attached hydrogen (secondary N) is 1. The molecule has 5 nitrogen and oxygen atoms in total. The van der Waals surface area contributed by atoms with Gasteiger partial charge in [0.25, 0.3) is 0 Å². The highest BCUT2D eigenvalue weighted by atomic mass is 32.1. The van der Waals surface area contributed by atoms with Crippen LogP contribution in [-0.4, -0.2) is 49.1 Å². The van der Waals surface area contributed by atoms with Crippen molar-refractivity contribution in [3.05, 3.63) is 33.6 Å². The van der Waals surface area contributed by atoms with Crippen LogP contribution in [0.1, 0.15) is 16.8 Å². The molecule has 124 valence electrons. The molecule has 2 aromatic rings. The van der Waals surface area contributed by atoms with Gasteiger partial charge in [0.2, 0.25) is 0 Å². The topological polar surface area (TPSA) is 43.8 Å². The number of hydrogen-bond acceptors (Lipinski definition) is 5. The Morgan fingerprint density at radius 3 is 2.78 bits per heavy atom. The number of aryl methyl sites for hydroxylation is 1. The summed E-state index contributed by atoms with van der Waals surface area (Å²) in [4.78, 5) is 15.0. The van der Waals surface area contributed by atoms with Crippen molar-refractivity contribution in [2.75, 3.05) is 38.1 Å². The first-order valence-corrected chi connectivity index (χ1v) is 9.67. The molecule has 1 fully saturated rings. The molecule has 0 radical (unpaired) electrons. The largest absolute Gasteiger partial charge is 0.360 e. The third kappa shape index (κ3) is 4.03. The highest BCUT2D eigenvalue weighted by molar-refractivity contribution is 7.14. The van der Waals surface area contributed by atoms with Gasteiger partial charge in [0.05, 0.1) is 11.5 Å². The molecule has 23 heavy (non-hydrogen) atoms. The van der Waals surface area contributed by atoms with E-state index < -0.39 is 0 Å². The number of piperazine rings is 1. The lowest BCUT2D eigenvalue weighted by Crippen LogP contribution is -2.52. The van der Waals surface area contributed by atoms with Crippen LogP contribution >= 0.6 is 22.7 Å². The minimum Gasteiger partial charge on any atom is -0.360 e. The molecule has 1 aliphatic rings. The number of thiazole rings is 1. The second-order valence-corrected chi connectivity index (χ2v) is 7.53. The molecule has 2 aromatic heterocycles. The van der Waals surface area contributed by atoms with Gasteiger partial charge >= 0.3 is 0 Å². The Balaban J connectivity index is 1.51. The van der Waals surface area contributed by atoms with Crippen LogP contribution in [0.5, 0.6) is 0 Å². The van der Waals surface area contributed by atoms with Crippen molar-refractivity contribution in [3.8, 4) is 0 Å². The molecule has 3 rings (SSSR count). The van der Waals surface area contributed by atoms with E-state index in [9.17, 15) is 0 Å².